The molecule has 1 aliphatic carbocycles. The van der Waals surface area contributed by atoms with Crippen molar-refractivity contribution in [2.75, 3.05) is 19.6 Å². The van der Waals surface area contributed by atoms with Gasteiger partial charge in [0, 0.05) is 43.4 Å². The zero-order valence-corrected chi connectivity index (χ0v) is 18.3. The first kappa shape index (κ1) is 21.3. The highest BCUT2D eigenvalue weighted by Gasteiger charge is 2.62. The molecule has 1 amide bonds. The van der Waals surface area contributed by atoms with Gasteiger partial charge in [-0.2, -0.15) is 0 Å². The molecule has 2 bridgehead atoms. The smallest absolute Gasteiger partial charge is 0.290 e. The van der Waals surface area contributed by atoms with E-state index in [0.717, 1.165) is 45.4 Å². The number of ether oxygens (including phenoxy) is 1. The average molecular weight is 415 g/mol. The molecule has 1 aromatic carbocycles. The van der Waals surface area contributed by atoms with Gasteiger partial charge in [-0.1, -0.05) is 36.2 Å². The molecule has 5 rings (SSSR count). The zero-order valence-electron chi connectivity index (χ0n) is 18.3. The van der Waals surface area contributed by atoms with Gasteiger partial charge in [0.2, 0.25) is 5.91 Å². The number of aryl methyl sites for hydroxylation is 2. The highest BCUT2D eigenvalue weighted by Crippen LogP contribution is 2.55. The number of amides is 1. The average Bonchev–Trinajstić information content (AvgIpc) is 3.04. The highest BCUT2D eigenvalue weighted by atomic mass is 16.5. The molecule has 1 aromatic rings. The van der Waals surface area contributed by atoms with Gasteiger partial charge in [0.25, 0.3) is 6.47 Å². The SMILES string of the molecule is Cc1cc(C)cc(CN2C[C@@H]3[C@H](CNC(=O)C4(C)CC4)[C@H]4CC[C@]3(C2)O4)c1.O=CO. The Morgan fingerprint density at radius 3 is 2.57 bits per heavy atom. The van der Waals surface area contributed by atoms with Gasteiger partial charge in [-0.25, -0.2) is 0 Å². The van der Waals surface area contributed by atoms with Gasteiger partial charge in [0.05, 0.1) is 11.7 Å². The van der Waals surface area contributed by atoms with Gasteiger partial charge in [-0.3, -0.25) is 14.5 Å². The van der Waals surface area contributed by atoms with E-state index in [1.54, 1.807) is 0 Å². The third-order valence-corrected chi connectivity index (χ3v) is 7.59. The molecule has 0 unspecified atom stereocenters. The second-order valence-electron chi connectivity index (χ2n) is 10.1. The van der Waals surface area contributed by atoms with E-state index in [1.165, 1.54) is 23.1 Å². The van der Waals surface area contributed by atoms with Crippen molar-refractivity contribution in [3.63, 3.8) is 0 Å². The molecule has 3 saturated heterocycles. The third kappa shape index (κ3) is 4.00. The number of carbonyl (C=O) groups excluding carboxylic acids is 1. The molecule has 164 valence electrons. The topological polar surface area (TPSA) is 78.9 Å². The number of carbonyl (C=O) groups is 2. The summed E-state index contributed by atoms with van der Waals surface area (Å²) in [6, 6.07) is 6.86. The van der Waals surface area contributed by atoms with E-state index in [0.29, 0.717) is 17.9 Å². The van der Waals surface area contributed by atoms with Crippen LogP contribution in [0.25, 0.3) is 0 Å². The number of nitrogens with one attached hydrogen (secondary N) is 1. The molecular weight excluding hydrogens is 380 g/mol. The number of likely N-dealkylation sites (tertiary alicyclic amines) is 1. The van der Waals surface area contributed by atoms with E-state index >= 15 is 0 Å². The molecule has 1 spiro atoms. The molecular formula is C24H34N2O4. The van der Waals surface area contributed by atoms with Crippen LogP contribution in [0.4, 0.5) is 0 Å². The van der Waals surface area contributed by atoms with Gasteiger partial charge >= 0.3 is 0 Å². The van der Waals surface area contributed by atoms with Crippen LogP contribution in [0.15, 0.2) is 18.2 Å². The summed E-state index contributed by atoms with van der Waals surface area (Å²) in [6.07, 6.45) is 4.78. The minimum atomic E-state index is -0.250. The van der Waals surface area contributed by atoms with Gasteiger partial charge in [-0.15, -0.1) is 0 Å². The van der Waals surface area contributed by atoms with Gasteiger partial charge in [0.15, 0.2) is 0 Å². The summed E-state index contributed by atoms with van der Waals surface area (Å²) in [5.41, 5.74) is 4.05. The van der Waals surface area contributed by atoms with Crippen molar-refractivity contribution in [1.82, 2.24) is 10.2 Å². The van der Waals surface area contributed by atoms with Crippen LogP contribution in [-0.4, -0.2) is 53.7 Å². The van der Waals surface area contributed by atoms with Crippen LogP contribution in [0.1, 0.15) is 49.3 Å². The quantitative estimate of drug-likeness (QED) is 0.725. The van der Waals surface area contributed by atoms with Crippen LogP contribution in [0.3, 0.4) is 0 Å². The molecule has 4 fully saturated rings. The first-order valence-electron chi connectivity index (χ1n) is 11.1. The number of carboxylic acid groups (broad SMARTS) is 1. The normalized spacial score (nSPS) is 32.8. The Balaban J connectivity index is 0.000000687. The lowest BCUT2D eigenvalue weighted by molar-refractivity contribution is -0.126. The molecule has 4 aliphatic rings. The Bertz CT molecular complexity index is 801. The van der Waals surface area contributed by atoms with Crippen molar-refractivity contribution in [2.24, 2.45) is 17.3 Å². The van der Waals surface area contributed by atoms with Crippen LogP contribution in [0.2, 0.25) is 0 Å². The molecule has 3 heterocycles. The Labute approximate surface area is 179 Å². The molecule has 6 heteroatoms. The summed E-state index contributed by atoms with van der Waals surface area (Å²) < 4.78 is 6.55. The summed E-state index contributed by atoms with van der Waals surface area (Å²) in [5.74, 6) is 1.30. The maximum Gasteiger partial charge on any atom is 0.290 e. The Morgan fingerprint density at radius 1 is 1.27 bits per heavy atom. The number of fused-ring (bicyclic) bond motifs is 1. The van der Waals surface area contributed by atoms with Crippen LogP contribution < -0.4 is 5.32 Å². The van der Waals surface area contributed by atoms with E-state index in [1.807, 2.05) is 0 Å². The number of nitrogens with zero attached hydrogens (tertiary/aromatic N) is 1. The van der Waals surface area contributed by atoms with Crippen LogP contribution >= 0.6 is 0 Å². The van der Waals surface area contributed by atoms with Crippen LogP contribution in [-0.2, 0) is 20.9 Å². The molecule has 0 radical (unpaired) electrons. The third-order valence-electron chi connectivity index (χ3n) is 7.59. The summed E-state index contributed by atoms with van der Waals surface area (Å²) >= 11 is 0. The van der Waals surface area contributed by atoms with E-state index in [2.05, 4.69) is 49.2 Å². The van der Waals surface area contributed by atoms with Crippen molar-refractivity contribution in [3.8, 4) is 0 Å². The molecule has 4 atom stereocenters. The predicted molar refractivity (Wildman–Crippen MR) is 114 cm³/mol. The largest absolute Gasteiger partial charge is 0.483 e. The standard InChI is InChI=1S/C23H32N2O2.CH2O2/c1-15-8-16(2)10-17(9-15)12-25-13-19-18(11-24-21(26)22(3)6-7-22)20-4-5-23(19,14-25)27-20;2-1-3/h8-10,18-20H,4-7,11-14H2,1-3H3,(H,24,26);1H,(H,2,3)/t18-,19+,20+,23+;/m0./s1. The fraction of sp³-hybridized carbons (Fsp3) is 0.667. The number of hydrogen-bond acceptors (Lipinski definition) is 4. The van der Waals surface area contributed by atoms with Gasteiger partial charge in [0.1, 0.15) is 0 Å². The lowest BCUT2D eigenvalue weighted by Gasteiger charge is -2.30. The minimum absolute atomic E-state index is 0.0441. The number of rotatable bonds is 5. The molecule has 0 aromatic heterocycles. The van der Waals surface area contributed by atoms with E-state index in [9.17, 15) is 4.79 Å². The molecule has 30 heavy (non-hydrogen) atoms. The van der Waals surface area contributed by atoms with E-state index in [4.69, 9.17) is 14.6 Å². The molecule has 6 nitrogen and oxygen atoms in total. The number of hydrogen-bond donors (Lipinski definition) is 2. The summed E-state index contributed by atoms with van der Waals surface area (Å²) in [5, 5.41) is 10.2. The van der Waals surface area contributed by atoms with Crippen molar-refractivity contribution >= 4 is 12.4 Å². The van der Waals surface area contributed by atoms with Crippen molar-refractivity contribution in [2.45, 2.75) is 64.7 Å². The summed E-state index contributed by atoms with van der Waals surface area (Å²) in [7, 11) is 0. The second-order valence-corrected chi connectivity index (χ2v) is 10.1. The maximum absolute atomic E-state index is 12.4. The fourth-order valence-electron chi connectivity index (χ4n) is 5.94. The van der Waals surface area contributed by atoms with Crippen molar-refractivity contribution in [1.29, 1.82) is 0 Å². The van der Waals surface area contributed by atoms with Crippen LogP contribution in [0.5, 0.6) is 0 Å². The maximum atomic E-state index is 12.4. The Kier molecular flexibility index (Phi) is 5.66. The monoisotopic (exact) mass is 414 g/mol. The van der Waals surface area contributed by atoms with Crippen molar-refractivity contribution in [3.05, 3.63) is 34.9 Å². The molecule has 3 aliphatic heterocycles. The van der Waals surface area contributed by atoms with Gasteiger partial charge < -0.3 is 15.2 Å². The molecule has 1 saturated carbocycles. The Morgan fingerprint density at radius 2 is 1.93 bits per heavy atom. The van der Waals surface area contributed by atoms with Gasteiger partial charge in [-0.05, 0) is 45.1 Å². The lowest BCUT2D eigenvalue weighted by Crippen LogP contribution is -2.43. The Hall–Kier alpha value is -1.92. The highest BCUT2D eigenvalue weighted by molar-refractivity contribution is 5.84. The minimum Gasteiger partial charge on any atom is -0.483 e. The van der Waals surface area contributed by atoms with Crippen molar-refractivity contribution < 1.29 is 19.4 Å². The summed E-state index contributed by atoms with van der Waals surface area (Å²) in [4.78, 5) is 23.3. The zero-order chi connectivity index (χ0) is 21.5. The first-order valence-corrected chi connectivity index (χ1v) is 11.1. The lowest BCUT2D eigenvalue weighted by atomic mass is 9.73. The van der Waals surface area contributed by atoms with E-state index in [-0.39, 0.29) is 23.4 Å². The first-order chi connectivity index (χ1) is 14.3. The second kappa shape index (κ2) is 7.97. The fourth-order valence-corrected chi connectivity index (χ4v) is 5.94. The predicted octanol–water partition coefficient (Wildman–Crippen LogP) is 2.90. The molecule has 2 N–H and O–H groups in total. The summed E-state index contributed by atoms with van der Waals surface area (Å²) in [6.45, 7) is 10.1. The number of benzene rings is 1. The van der Waals surface area contributed by atoms with Crippen LogP contribution in [0, 0.1) is 31.1 Å². The van der Waals surface area contributed by atoms with E-state index < -0.39 is 0 Å².